The molecule has 6 heteroatoms. The van der Waals surface area contributed by atoms with Crippen LogP contribution in [-0.2, 0) is 19.1 Å². The summed E-state index contributed by atoms with van der Waals surface area (Å²) in [7, 11) is 0. The third kappa shape index (κ3) is 3.20. The van der Waals surface area contributed by atoms with E-state index in [-0.39, 0.29) is 30.6 Å². The molecule has 31 heavy (non-hydrogen) atoms. The van der Waals surface area contributed by atoms with Crippen molar-refractivity contribution in [2.75, 3.05) is 4.90 Å². The Labute approximate surface area is 179 Å². The van der Waals surface area contributed by atoms with Crippen LogP contribution >= 0.6 is 0 Å². The molecule has 2 atom stereocenters. The average molecular weight is 412 g/mol. The van der Waals surface area contributed by atoms with E-state index in [1.165, 1.54) is 4.90 Å². The fourth-order valence-corrected chi connectivity index (χ4v) is 4.33. The van der Waals surface area contributed by atoms with E-state index in [2.05, 4.69) is 4.99 Å². The molecular weight excluding hydrogens is 392 g/mol. The lowest BCUT2D eigenvalue weighted by molar-refractivity contribution is -0.139. The molecule has 1 saturated heterocycles. The molecule has 5 rings (SSSR count). The van der Waals surface area contributed by atoms with Crippen LogP contribution in [0.4, 0.5) is 5.69 Å². The van der Waals surface area contributed by atoms with E-state index in [1.54, 1.807) is 31.2 Å². The highest BCUT2D eigenvalue weighted by Gasteiger charge is 2.49. The first kappa shape index (κ1) is 19.2. The molecule has 2 heterocycles. The molecular formula is C25H20N2O4. The number of cyclic esters (lactones) is 1. The van der Waals surface area contributed by atoms with Gasteiger partial charge in [-0.15, -0.1) is 0 Å². The van der Waals surface area contributed by atoms with Crippen molar-refractivity contribution in [1.29, 1.82) is 0 Å². The summed E-state index contributed by atoms with van der Waals surface area (Å²) in [6.45, 7) is 1.66. The number of carbonyl (C=O) groups excluding carboxylic acids is 3. The lowest BCUT2D eigenvalue weighted by Gasteiger charge is -2.20. The van der Waals surface area contributed by atoms with Crippen molar-refractivity contribution in [2.24, 2.45) is 10.9 Å². The number of amides is 2. The Balaban J connectivity index is 1.44. The molecule has 0 radical (unpaired) electrons. The van der Waals surface area contributed by atoms with Gasteiger partial charge in [0.25, 0.3) is 0 Å². The molecule has 6 nitrogen and oxygen atoms in total. The van der Waals surface area contributed by atoms with E-state index in [9.17, 15) is 14.4 Å². The molecule has 0 aliphatic carbocycles. The van der Waals surface area contributed by atoms with E-state index < -0.39 is 17.4 Å². The number of hydrogen-bond donors (Lipinski definition) is 0. The van der Waals surface area contributed by atoms with Crippen molar-refractivity contribution < 1.29 is 19.1 Å². The molecule has 0 aromatic heterocycles. The van der Waals surface area contributed by atoms with Crippen LogP contribution in [0.3, 0.4) is 0 Å². The van der Waals surface area contributed by atoms with Crippen molar-refractivity contribution in [3.8, 4) is 0 Å². The van der Waals surface area contributed by atoms with Crippen LogP contribution in [0, 0.1) is 5.92 Å². The SMILES string of the molecule is C[C@@]1(C[C@@H]2CC(=O)N(c3ccccc3)C2=O)N=C(c2cccc3ccccc23)OC1=O. The molecule has 2 aliphatic heterocycles. The van der Waals surface area contributed by atoms with Crippen molar-refractivity contribution in [1.82, 2.24) is 0 Å². The normalized spacial score (nSPS) is 23.4. The maximum Gasteiger partial charge on any atom is 0.340 e. The summed E-state index contributed by atoms with van der Waals surface area (Å²) >= 11 is 0. The number of aliphatic imine (C=N–C) groups is 1. The van der Waals surface area contributed by atoms with Gasteiger partial charge in [-0.2, -0.15) is 0 Å². The highest BCUT2D eigenvalue weighted by Crippen LogP contribution is 2.36. The highest BCUT2D eigenvalue weighted by molar-refractivity contribution is 6.21. The first-order chi connectivity index (χ1) is 15.0. The number of esters is 1. The van der Waals surface area contributed by atoms with Gasteiger partial charge < -0.3 is 4.74 Å². The van der Waals surface area contributed by atoms with Gasteiger partial charge in [0.15, 0.2) is 5.54 Å². The van der Waals surface area contributed by atoms with Crippen LogP contribution < -0.4 is 4.90 Å². The maximum absolute atomic E-state index is 13.0. The number of nitrogens with zero attached hydrogens (tertiary/aromatic N) is 2. The second-order valence-corrected chi connectivity index (χ2v) is 8.12. The van der Waals surface area contributed by atoms with Gasteiger partial charge in [-0.05, 0) is 42.3 Å². The van der Waals surface area contributed by atoms with Gasteiger partial charge in [-0.3, -0.25) is 14.5 Å². The monoisotopic (exact) mass is 412 g/mol. The van der Waals surface area contributed by atoms with Crippen LogP contribution in [0.2, 0.25) is 0 Å². The summed E-state index contributed by atoms with van der Waals surface area (Å²) in [4.78, 5) is 44.1. The number of hydrogen-bond acceptors (Lipinski definition) is 5. The van der Waals surface area contributed by atoms with Crippen LogP contribution in [0.15, 0.2) is 77.8 Å². The Hall–Kier alpha value is -3.80. The van der Waals surface area contributed by atoms with Crippen molar-refractivity contribution in [3.05, 3.63) is 78.4 Å². The summed E-state index contributed by atoms with van der Waals surface area (Å²) in [6.07, 6.45) is 0.170. The Bertz CT molecular complexity index is 1250. The summed E-state index contributed by atoms with van der Waals surface area (Å²) in [6, 6.07) is 22.4. The minimum atomic E-state index is -1.22. The Kier molecular flexibility index (Phi) is 4.43. The molecule has 2 amide bonds. The molecule has 0 saturated carbocycles. The fraction of sp³-hybridized carbons (Fsp3) is 0.200. The molecule has 0 unspecified atom stereocenters. The molecule has 0 N–H and O–H groups in total. The molecule has 1 fully saturated rings. The summed E-state index contributed by atoms with van der Waals surface area (Å²) < 4.78 is 5.56. The minimum Gasteiger partial charge on any atom is -0.405 e. The van der Waals surface area contributed by atoms with Gasteiger partial charge in [0.05, 0.1) is 11.6 Å². The second-order valence-electron chi connectivity index (χ2n) is 8.12. The minimum absolute atomic E-state index is 0.0513. The quantitative estimate of drug-likeness (QED) is 0.482. The summed E-state index contributed by atoms with van der Waals surface area (Å²) in [5.41, 5.74) is 0.0496. The fourth-order valence-electron chi connectivity index (χ4n) is 4.33. The van der Waals surface area contributed by atoms with Crippen LogP contribution in [0.5, 0.6) is 0 Å². The molecule has 0 bridgehead atoms. The van der Waals surface area contributed by atoms with Crippen LogP contribution in [0.25, 0.3) is 10.8 Å². The van der Waals surface area contributed by atoms with Gasteiger partial charge in [-0.1, -0.05) is 54.6 Å². The number of benzene rings is 3. The number of carbonyl (C=O) groups is 3. The lowest BCUT2D eigenvalue weighted by Crippen LogP contribution is -2.36. The van der Waals surface area contributed by atoms with Gasteiger partial charge in [-0.25, -0.2) is 9.79 Å². The van der Waals surface area contributed by atoms with Crippen molar-refractivity contribution in [3.63, 3.8) is 0 Å². The third-order valence-electron chi connectivity index (χ3n) is 5.90. The molecule has 0 spiro atoms. The predicted octanol–water partition coefficient (Wildman–Crippen LogP) is 3.87. The van der Waals surface area contributed by atoms with Crippen molar-refractivity contribution >= 4 is 40.1 Å². The number of fused-ring (bicyclic) bond motifs is 1. The zero-order chi connectivity index (χ0) is 21.6. The van der Waals surface area contributed by atoms with E-state index in [0.29, 0.717) is 5.69 Å². The van der Waals surface area contributed by atoms with Gasteiger partial charge >= 0.3 is 5.97 Å². The Morgan fingerprint density at radius 3 is 2.48 bits per heavy atom. The number of ether oxygens (including phenoxy) is 1. The van der Waals surface area contributed by atoms with Crippen LogP contribution in [-0.4, -0.2) is 29.2 Å². The molecule has 3 aromatic carbocycles. The average Bonchev–Trinajstić information content (AvgIpc) is 3.22. The third-order valence-corrected chi connectivity index (χ3v) is 5.90. The van der Waals surface area contributed by atoms with E-state index >= 15 is 0 Å². The topological polar surface area (TPSA) is 76.0 Å². The van der Waals surface area contributed by atoms with Crippen LogP contribution in [0.1, 0.15) is 25.3 Å². The lowest BCUT2D eigenvalue weighted by atomic mass is 9.88. The first-order valence-electron chi connectivity index (χ1n) is 10.2. The zero-order valence-corrected chi connectivity index (χ0v) is 16.9. The van der Waals surface area contributed by atoms with Gasteiger partial charge in [0, 0.05) is 12.0 Å². The predicted molar refractivity (Wildman–Crippen MR) is 117 cm³/mol. The molecule has 3 aromatic rings. The second kappa shape index (κ2) is 7.16. The van der Waals surface area contributed by atoms with E-state index in [1.807, 2.05) is 48.5 Å². The largest absolute Gasteiger partial charge is 0.405 e. The smallest absolute Gasteiger partial charge is 0.340 e. The standard InChI is InChI=1S/C25H20N2O4/c1-25(15-17-14-21(28)27(23(17)29)18-10-3-2-4-11-18)24(30)31-22(26-25)20-13-7-9-16-8-5-6-12-19(16)20/h2-13,17H,14-15H2,1H3/t17-,25-/m0/s1. The summed E-state index contributed by atoms with van der Waals surface area (Å²) in [5, 5.41) is 1.95. The van der Waals surface area contributed by atoms with Gasteiger partial charge in [0.2, 0.25) is 17.7 Å². The molecule has 2 aliphatic rings. The first-order valence-corrected chi connectivity index (χ1v) is 10.2. The number of anilines is 1. The number of imide groups is 1. The molecule has 154 valence electrons. The zero-order valence-electron chi connectivity index (χ0n) is 16.9. The van der Waals surface area contributed by atoms with E-state index in [4.69, 9.17) is 4.74 Å². The van der Waals surface area contributed by atoms with E-state index in [0.717, 1.165) is 16.3 Å². The van der Waals surface area contributed by atoms with Gasteiger partial charge in [0.1, 0.15) is 0 Å². The number of rotatable bonds is 4. The maximum atomic E-state index is 13.0. The van der Waals surface area contributed by atoms with Crippen molar-refractivity contribution in [2.45, 2.75) is 25.3 Å². The Morgan fingerprint density at radius 1 is 0.968 bits per heavy atom. The Morgan fingerprint density at radius 2 is 1.68 bits per heavy atom. The summed E-state index contributed by atoms with van der Waals surface area (Å²) in [5.74, 6) is -1.45. The number of para-hydroxylation sites is 1. The highest BCUT2D eigenvalue weighted by atomic mass is 16.6.